The molecule has 1 unspecified atom stereocenters. The molecule has 1 heterocycles. The van der Waals surface area contributed by atoms with Gasteiger partial charge in [0.25, 0.3) is 0 Å². The zero-order valence-electron chi connectivity index (χ0n) is 16.3. The number of rotatable bonds is 7. The Balaban J connectivity index is 0.00000420. The normalized spacial score (nSPS) is 16.6. The van der Waals surface area contributed by atoms with Gasteiger partial charge in [-0.05, 0) is 44.0 Å². The summed E-state index contributed by atoms with van der Waals surface area (Å²) in [6, 6.07) is 4.79. The Morgan fingerprint density at radius 3 is 2.66 bits per heavy atom. The third-order valence-electron chi connectivity index (χ3n) is 3.95. The van der Waals surface area contributed by atoms with Crippen LogP contribution in [0, 0.1) is 11.8 Å². The Morgan fingerprint density at radius 1 is 1.28 bits per heavy atom. The number of nitrogens with one attached hydrogen (secondary N) is 2. The minimum absolute atomic E-state index is 0. The van der Waals surface area contributed by atoms with Crippen molar-refractivity contribution < 1.29 is 22.6 Å². The predicted molar refractivity (Wildman–Crippen MR) is 118 cm³/mol. The molecule has 162 valence electrons. The monoisotopic (exact) mass is 525 g/mol. The highest BCUT2D eigenvalue weighted by molar-refractivity contribution is 14.0. The summed E-state index contributed by atoms with van der Waals surface area (Å²) in [5, 5.41) is 6.21. The van der Waals surface area contributed by atoms with Gasteiger partial charge in [0.1, 0.15) is 0 Å². The summed E-state index contributed by atoms with van der Waals surface area (Å²) in [4.78, 5) is 4.45. The van der Waals surface area contributed by atoms with Gasteiger partial charge in [0.15, 0.2) is 5.96 Å². The SMILES string of the molecule is CCNC(=NCCCOC1CCOC1)NCC#Cc1ccc(C(F)(F)F)cc1.I. The Kier molecular flexibility index (Phi) is 12.0. The molecule has 0 aliphatic carbocycles. The van der Waals surface area contributed by atoms with Gasteiger partial charge in [-0.3, -0.25) is 4.99 Å². The lowest BCUT2D eigenvalue weighted by Gasteiger charge is -2.10. The van der Waals surface area contributed by atoms with Gasteiger partial charge in [0.2, 0.25) is 0 Å². The molecule has 1 saturated heterocycles. The molecule has 2 rings (SSSR count). The first kappa shape index (κ1) is 25.5. The second-order valence-corrected chi connectivity index (χ2v) is 6.20. The van der Waals surface area contributed by atoms with E-state index in [9.17, 15) is 13.2 Å². The number of ether oxygens (including phenoxy) is 2. The second-order valence-electron chi connectivity index (χ2n) is 6.20. The first-order valence-electron chi connectivity index (χ1n) is 9.36. The Bertz CT molecular complexity index is 679. The highest BCUT2D eigenvalue weighted by Gasteiger charge is 2.29. The zero-order chi connectivity index (χ0) is 20.2. The van der Waals surface area contributed by atoms with Crippen molar-refractivity contribution in [3.8, 4) is 11.8 Å². The average Bonchev–Trinajstić information content (AvgIpc) is 3.18. The lowest BCUT2D eigenvalue weighted by Crippen LogP contribution is -2.37. The van der Waals surface area contributed by atoms with Crippen molar-refractivity contribution in [1.82, 2.24) is 10.6 Å². The van der Waals surface area contributed by atoms with Crippen LogP contribution < -0.4 is 10.6 Å². The maximum absolute atomic E-state index is 12.5. The largest absolute Gasteiger partial charge is 0.416 e. The topological polar surface area (TPSA) is 54.9 Å². The van der Waals surface area contributed by atoms with Crippen molar-refractivity contribution in [2.45, 2.75) is 32.0 Å². The van der Waals surface area contributed by atoms with Crippen molar-refractivity contribution in [3.63, 3.8) is 0 Å². The third kappa shape index (κ3) is 10.2. The van der Waals surface area contributed by atoms with Crippen LogP contribution in [0.25, 0.3) is 0 Å². The first-order valence-corrected chi connectivity index (χ1v) is 9.36. The molecule has 1 aromatic rings. The van der Waals surface area contributed by atoms with Crippen LogP contribution in [0.15, 0.2) is 29.3 Å². The van der Waals surface area contributed by atoms with Crippen LogP contribution >= 0.6 is 24.0 Å². The number of hydrogen-bond donors (Lipinski definition) is 2. The predicted octanol–water partition coefficient (Wildman–Crippen LogP) is 3.43. The van der Waals surface area contributed by atoms with Crippen molar-refractivity contribution in [2.24, 2.45) is 4.99 Å². The fourth-order valence-electron chi connectivity index (χ4n) is 2.51. The minimum atomic E-state index is -4.33. The quantitative estimate of drug-likeness (QED) is 0.189. The summed E-state index contributed by atoms with van der Waals surface area (Å²) >= 11 is 0. The molecule has 0 saturated carbocycles. The summed E-state index contributed by atoms with van der Waals surface area (Å²) in [6.07, 6.45) is -2.37. The minimum Gasteiger partial charge on any atom is -0.379 e. The van der Waals surface area contributed by atoms with E-state index < -0.39 is 11.7 Å². The van der Waals surface area contributed by atoms with Crippen molar-refractivity contribution in [2.75, 3.05) is 39.5 Å². The first-order chi connectivity index (χ1) is 13.5. The summed E-state index contributed by atoms with van der Waals surface area (Å²) in [5.74, 6) is 6.37. The van der Waals surface area contributed by atoms with Crippen molar-refractivity contribution in [1.29, 1.82) is 0 Å². The number of guanidine groups is 1. The highest BCUT2D eigenvalue weighted by atomic mass is 127. The van der Waals surface area contributed by atoms with Gasteiger partial charge >= 0.3 is 6.18 Å². The number of hydrogen-bond acceptors (Lipinski definition) is 3. The average molecular weight is 525 g/mol. The van der Waals surface area contributed by atoms with Gasteiger partial charge < -0.3 is 20.1 Å². The molecule has 1 aliphatic rings. The molecule has 1 aliphatic heterocycles. The fraction of sp³-hybridized carbons (Fsp3) is 0.550. The van der Waals surface area contributed by atoms with E-state index in [2.05, 4.69) is 27.5 Å². The van der Waals surface area contributed by atoms with Crippen LogP contribution in [-0.2, 0) is 15.7 Å². The molecular weight excluding hydrogens is 498 g/mol. The zero-order valence-corrected chi connectivity index (χ0v) is 18.7. The van der Waals surface area contributed by atoms with E-state index >= 15 is 0 Å². The van der Waals surface area contributed by atoms with E-state index in [4.69, 9.17) is 9.47 Å². The Labute approximate surface area is 186 Å². The van der Waals surface area contributed by atoms with Crippen LogP contribution in [0.4, 0.5) is 13.2 Å². The third-order valence-corrected chi connectivity index (χ3v) is 3.95. The molecule has 0 aromatic heterocycles. The summed E-state index contributed by atoms with van der Waals surface area (Å²) < 4.78 is 48.6. The number of aliphatic imine (C=N–C) groups is 1. The number of alkyl halides is 3. The Morgan fingerprint density at radius 2 is 2.03 bits per heavy atom. The van der Waals surface area contributed by atoms with Crippen LogP contribution in [0.5, 0.6) is 0 Å². The molecule has 2 N–H and O–H groups in total. The lowest BCUT2D eigenvalue weighted by atomic mass is 10.1. The summed E-state index contributed by atoms with van der Waals surface area (Å²) in [6.45, 7) is 5.72. The van der Waals surface area contributed by atoms with Crippen molar-refractivity contribution in [3.05, 3.63) is 35.4 Å². The molecule has 9 heteroatoms. The van der Waals surface area contributed by atoms with Gasteiger partial charge in [-0.1, -0.05) is 11.8 Å². The molecule has 1 fully saturated rings. The van der Waals surface area contributed by atoms with E-state index in [0.717, 1.165) is 31.6 Å². The van der Waals surface area contributed by atoms with E-state index in [-0.39, 0.29) is 30.1 Å². The van der Waals surface area contributed by atoms with Gasteiger partial charge in [0.05, 0.1) is 24.8 Å². The summed E-state index contributed by atoms with van der Waals surface area (Å²) in [7, 11) is 0. The number of benzene rings is 1. The van der Waals surface area contributed by atoms with Crippen LogP contribution in [0.1, 0.15) is 30.9 Å². The Hall–Kier alpha value is -1.51. The summed E-state index contributed by atoms with van der Waals surface area (Å²) in [5.41, 5.74) is -0.146. The van der Waals surface area contributed by atoms with E-state index in [1.807, 2.05) is 6.92 Å². The van der Waals surface area contributed by atoms with Crippen LogP contribution in [-0.4, -0.2) is 51.5 Å². The van der Waals surface area contributed by atoms with Gasteiger partial charge in [-0.2, -0.15) is 13.2 Å². The molecule has 0 radical (unpaired) electrons. The molecule has 1 aromatic carbocycles. The van der Waals surface area contributed by atoms with E-state index in [1.54, 1.807) is 0 Å². The van der Waals surface area contributed by atoms with Crippen molar-refractivity contribution >= 4 is 29.9 Å². The molecule has 29 heavy (non-hydrogen) atoms. The highest BCUT2D eigenvalue weighted by Crippen LogP contribution is 2.28. The maximum atomic E-state index is 12.5. The number of halogens is 4. The second kappa shape index (κ2) is 13.7. The smallest absolute Gasteiger partial charge is 0.379 e. The molecule has 0 spiro atoms. The molecule has 1 atom stereocenters. The van der Waals surface area contributed by atoms with Gasteiger partial charge in [-0.15, -0.1) is 24.0 Å². The fourth-order valence-corrected chi connectivity index (χ4v) is 2.51. The molecule has 0 amide bonds. The standard InChI is InChI=1S/C20H26F3N3O2.HI/c1-2-24-19(26-12-4-13-28-18-10-14-27-15-18)25-11-3-5-16-6-8-17(9-7-16)20(21,22)23;/h6-9,18H,2,4,10-15H2,1H3,(H2,24,25,26);1H. The van der Waals surface area contributed by atoms with E-state index in [1.165, 1.54) is 12.1 Å². The van der Waals surface area contributed by atoms with Crippen LogP contribution in [0.3, 0.4) is 0 Å². The maximum Gasteiger partial charge on any atom is 0.416 e. The molecule has 5 nitrogen and oxygen atoms in total. The van der Waals surface area contributed by atoms with Crippen LogP contribution in [0.2, 0.25) is 0 Å². The van der Waals surface area contributed by atoms with Gasteiger partial charge in [0, 0.05) is 31.9 Å². The molecule has 0 bridgehead atoms. The lowest BCUT2D eigenvalue weighted by molar-refractivity contribution is -0.137. The number of nitrogens with zero attached hydrogens (tertiary/aromatic N) is 1. The van der Waals surface area contributed by atoms with Gasteiger partial charge in [-0.25, -0.2) is 0 Å². The van der Waals surface area contributed by atoms with E-state index in [0.29, 0.717) is 44.4 Å². The molecular formula is C20H27F3IN3O2.